The second-order valence-electron chi connectivity index (χ2n) is 6.68. The summed E-state index contributed by atoms with van der Waals surface area (Å²) in [7, 11) is 1.72. The molecule has 0 aliphatic heterocycles. The average Bonchev–Trinajstić information content (AvgIpc) is 3.10. The van der Waals surface area contributed by atoms with E-state index in [1.54, 1.807) is 7.11 Å². The van der Waals surface area contributed by atoms with E-state index in [2.05, 4.69) is 46.4 Å². The van der Waals surface area contributed by atoms with Crippen molar-refractivity contribution in [3.05, 3.63) is 28.2 Å². The molecule has 0 radical (unpaired) electrons. The summed E-state index contributed by atoms with van der Waals surface area (Å²) in [4.78, 5) is 0. The smallest absolute Gasteiger partial charge is 0.133 e. The highest BCUT2D eigenvalue weighted by Crippen LogP contribution is 2.50. The van der Waals surface area contributed by atoms with Crippen LogP contribution in [0.5, 0.6) is 5.75 Å². The van der Waals surface area contributed by atoms with Gasteiger partial charge in [-0.1, -0.05) is 19.4 Å². The maximum Gasteiger partial charge on any atom is 0.133 e. The Kier molecular flexibility index (Phi) is 4.90. The lowest BCUT2D eigenvalue weighted by molar-refractivity contribution is 0.249. The molecule has 0 saturated heterocycles. The molecule has 3 rings (SSSR count). The minimum Gasteiger partial charge on any atom is -0.496 e. The Balaban J connectivity index is 1.71. The molecular formula is C18H26BrNO. The quantitative estimate of drug-likeness (QED) is 0.819. The van der Waals surface area contributed by atoms with Crippen LogP contribution >= 0.6 is 15.9 Å². The molecule has 3 heteroatoms. The standard InChI is InChI=1S/C18H26BrNO/c1-3-20-17(15-9-12-4-6-14(15)8-12)11-13-5-7-18(21-2)16(19)10-13/h5,7,10,12,14-15,17,20H,3-4,6,8-9,11H2,1-2H3. The molecule has 0 amide bonds. The molecule has 0 spiro atoms. The van der Waals surface area contributed by atoms with Crippen molar-refractivity contribution < 1.29 is 4.74 Å². The highest BCUT2D eigenvalue weighted by atomic mass is 79.9. The van der Waals surface area contributed by atoms with Crippen molar-refractivity contribution >= 4 is 15.9 Å². The summed E-state index contributed by atoms with van der Waals surface area (Å²) in [5.41, 5.74) is 1.40. The second-order valence-corrected chi connectivity index (χ2v) is 7.53. The number of hydrogen-bond acceptors (Lipinski definition) is 2. The van der Waals surface area contributed by atoms with Crippen molar-refractivity contribution in [2.24, 2.45) is 17.8 Å². The van der Waals surface area contributed by atoms with Crippen molar-refractivity contribution in [3.8, 4) is 5.75 Å². The Hall–Kier alpha value is -0.540. The van der Waals surface area contributed by atoms with E-state index < -0.39 is 0 Å². The van der Waals surface area contributed by atoms with Gasteiger partial charge in [0.15, 0.2) is 0 Å². The Morgan fingerprint density at radius 2 is 2.19 bits per heavy atom. The summed E-state index contributed by atoms with van der Waals surface area (Å²) in [6, 6.07) is 7.13. The van der Waals surface area contributed by atoms with E-state index in [4.69, 9.17) is 4.74 Å². The molecule has 0 aromatic heterocycles. The zero-order valence-electron chi connectivity index (χ0n) is 13.1. The van der Waals surface area contributed by atoms with Gasteiger partial charge in [-0.3, -0.25) is 0 Å². The molecule has 2 fully saturated rings. The first kappa shape index (κ1) is 15.4. The van der Waals surface area contributed by atoms with E-state index in [1.807, 2.05) is 0 Å². The summed E-state index contributed by atoms with van der Waals surface area (Å²) in [6.45, 7) is 3.29. The maximum atomic E-state index is 5.33. The molecule has 116 valence electrons. The Morgan fingerprint density at radius 1 is 1.33 bits per heavy atom. The topological polar surface area (TPSA) is 21.3 Å². The Bertz CT molecular complexity index is 490. The van der Waals surface area contributed by atoms with Crippen LogP contribution in [0.15, 0.2) is 22.7 Å². The van der Waals surface area contributed by atoms with Gasteiger partial charge in [0.1, 0.15) is 5.75 Å². The van der Waals surface area contributed by atoms with Crippen LogP contribution in [-0.2, 0) is 6.42 Å². The van der Waals surface area contributed by atoms with Crippen LogP contribution in [0.2, 0.25) is 0 Å². The van der Waals surface area contributed by atoms with Crippen molar-refractivity contribution in [2.45, 2.75) is 45.1 Å². The number of ether oxygens (including phenoxy) is 1. The second kappa shape index (κ2) is 6.70. The van der Waals surface area contributed by atoms with Crippen LogP contribution in [0.4, 0.5) is 0 Å². The van der Waals surface area contributed by atoms with Crippen molar-refractivity contribution in [1.82, 2.24) is 5.32 Å². The van der Waals surface area contributed by atoms with Crippen molar-refractivity contribution in [1.29, 1.82) is 0 Å². The predicted octanol–water partition coefficient (Wildman–Crippen LogP) is 4.41. The van der Waals surface area contributed by atoms with Gasteiger partial charge >= 0.3 is 0 Å². The zero-order valence-corrected chi connectivity index (χ0v) is 14.7. The molecule has 0 heterocycles. The minimum atomic E-state index is 0.630. The molecule has 21 heavy (non-hydrogen) atoms. The lowest BCUT2D eigenvalue weighted by Gasteiger charge is -2.31. The number of hydrogen-bond donors (Lipinski definition) is 1. The van der Waals surface area contributed by atoms with Gasteiger partial charge in [-0.05, 0) is 83.6 Å². The van der Waals surface area contributed by atoms with Gasteiger partial charge in [0.2, 0.25) is 0 Å². The van der Waals surface area contributed by atoms with Gasteiger partial charge in [-0.15, -0.1) is 0 Å². The van der Waals surface area contributed by atoms with Gasteiger partial charge in [-0.2, -0.15) is 0 Å². The molecular weight excluding hydrogens is 326 g/mol. The van der Waals surface area contributed by atoms with Crippen LogP contribution in [-0.4, -0.2) is 19.7 Å². The molecule has 1 aromatic carbocycles. The van der Waals surface area contributed by atoms with E-state index in [1.165, 1.54) is 31.2 Å². The molecule has 4 unspecified atom stereocenters. The molecule has 2 bridgehead atoms. The van der Waals surface area contributed by atoms with E-state index in [-0.39, 0.29) is 0 Å². The van der Waals surface area contributed by atoms with Crippen LogP contribution in [0.1, 0.15) is 38.2 Å². The van der Waals surface area contributed by atoms with E-state index in [0.717, 1.165) is 40.9 Å². The highest BCUT2D eigenvalue weighted by molar-refractivity contribution is 9.10. The number of nitrogens with one attached hydrogen (secondary N) is 1. The third-order valence-electron chi connectivity index (χ3n) is 5.45. The largest absolute Gasteiger partial charge is 0.496 e. The molecule has 2 nitrogen and oxygen atoms in total. The van der Waals surface area contributed by atoms with Crippen LogP contribution in [0, 0.1) is 17.8 Å². The van der Waals surface area contributed by atoms with Gasteiger partial charge in [-0.25, -0.2) is 0 Å². The van der Waals surface area contributed by atoms with E-state index in [9.17, 15) is 0 Å². The van der Waals surface area contributed by atoms with E-state index >= 15 is 0 Å². The number of fused-ring (bicyclic) bond motifs is 2. The lowest BCUT2D eigenvalue weighted by Crippen LogP contribution is -2.40. The minimum absolute atomic E-state index is 0.630. The normalized spacial score (nSPS) is 28.8. The SMILES string of the molecule is CCNC(Cc1ccc(OC)c(Br)c1)C1CC2CCC1C2. The van der Waals surface area contributed by atoms with Gasteiger partial charge < -0.3 is 10.1 Å². The summed E-state index contributed by atoms with van der Waals surface area (Å²) in [6.07, 6.45) is 7.00. The molecule has 2 aliphatic rings. The van der Waals surface area contributed by atoms with E-state index in [0.29, 0.717) is 6.04 Å². The number of likely N-dealkylation sites (N-methyl/N-ethyl adjacent to an activating group) is 1. The monoisotopic (exact) mass is 351 g/mol. The average molecular weight is 352 g/mol. The first-order valence-corrected chi connectivity index (χ1v) is 9.06. The molecule has 1 aromatic rings. The van der Waals surface area contributed by atoms with Gasteiger partial charge in [0, 0.05) is 6.04 Å². The first-order valence-electron chi connectivity index (χ1n) is 8.27. The Labute approximate surface area is 136 Å². The predicted molar refractivity (Wildman–Crippen MR) is 90.8 cm³/mol. The maximum absolute atomic E-state index is 5.33. The van der Waals surface area contributed by atoms with Crippen LogP contribution < -0.4 is 10.1 Å². The summed E-state index contributed by atoms with van der Waals surface area (Å²) < 4.78 is 6.39. The third-order valence-corrected chi connectivity index (χ3v) is 6.07. The fourth-order valence-corrected chi connectivity index (χ4v) is 5.10. The first-order chi connectivity index (χ1) is 10.2. The fraction of sp³-hybridized carbons (Fsp3) is 0.667. The van der Waals surface area contributed by atoms with Crippen molar-refractivity contribution in [2.75, 3.05) is 13.7 Å². The Morgan fingerprint density at radius 3 is 2.76 bits per heavy atom. The zero-order chi connectivity index (χ0) is 14.8. The summed E-state index contributed by atoms with van der Waals surface area (Å²) >= 11 is 3.61. The van der Waals surface area contributed by atoms with Gasteiger partial charge in [0.25, 0.3) is 0 Å². The number of halogens is 1. The number of methoxy groups -OCH3 is 1. The lowest BCUT2D eigenvalue weighted by atomic mass is 9.81. The fourth-order valence-electron chi connectivity index (χ4n) is 4.51. The molecule has 1 N–H and O–H groups in total. The van der Waals surface area contributed by atoms with Gasteiger partial charge in [0.05, 0.1) is 11.6 Å². The van der Waals surface area contributed by atoms with Crippen LogP contribution in [0.25, 0.3) is 0 Å². The third kappa shape index (κ3) is 3.29. The highest BCUT2D eigenvalue weighted by Gasteiger charge is 2.42. The number of rotatable bonds is 6. The summed E-state index contributed by atoms with van der Waals surface area (Å²) in [5.74, 6) is 3.78. The van der Waals surface area contributed by atoms with Crippen molar-refractivity contribution in [3.63, 3.8) is 0 Å². The summed E-state index contributed by atoms with van der Waals surface area (Å²) in [5, 5.41) is 3.76. The number of benzene rings is 1. The molecule has 2 saturated carbocycles. The molecule has 4 atom stereocenters. The van der Waals surface area contributed by atoms with Crippen LogP contribution in [0.3, 0.4) is 0 Å². The molecule has 2 aliphatic carbocycles.